The number of anilines is 1. The molecule has 0 spiro atoms. The fourth-order valence-electron chi connectivity index (χ4n) is 2.62. The largest absolute Gasteiger partial charge is 0.465 e. The normalized spacial score (nSPS) is 10.4. The summed E-state index contributed by atoms with van der Waals surface area (Å²) in [6, 6.07) is 15.2. The number of thiophene rings is 1. The minimum Gasteiger partial charge on any atom is -0.465 e. The van der Waals surface area contributed by atoms with Gasteiger partial charge in [0.1, 0.15) is 10.6 Å². The number of nitrogens with one attached hydrogen (secondary N) is 1. The maximum Gasteiger partial charge on any atom is 0.341 e. The van der Waals surface area contributed by atoms with Crippen molar-refractivity contribution in [1.29, 1.82) is 0 Å². The number of aryl methyl sites for hydroxylation is 1. The second kappa shape index (κ2) is 8.83. The van der Waals surface area contributed by atoms with Crippen molar-refractivity contribution in [3.8, 4) is 11.1 Å². The Morgan fingerprint density at radius 1 is 1.15 bits per heavy atom. The molecule has 0 saturated heterocycles. The maximum atomic E-state index is 12.4. The monoisotopic (exact) mass is 398 g/mol. The van der Waals surface area contributed by atoms with Gasteiger partial charge in [0.2, 0.25) is 5.91 Å². The van der Waals surface area contributed by atoms with Gasteiger partial charge < -0.3 is 10.1 Å². The number of thioether (sulfide) groups is 1. The van der Waals surface area contributed by atoms with Crippen molar-refractivity contribution in [3.05, 3.63) is 65.2 Å². The zero-order valence-electron chi connectivity index (χ0n) is 14.9. The Kier molecular flexibility index (Phi) is 6.26. The van der Waals surface area contributed by atoms with E-state index in [1.54, 1.807) is 6.20 Å². The molecule has 2 heterocycles. The molecule has 0 fully saturated rings. The van der Waals surface area contributed by atoms with Gasteiger partial charge in [-0.3, -0.25) is 4.79 Å². The van der Waals surface area contributed by atoms with E-state index in [-0.39, 0.29) is 11.7 Å². The Morgan fingerprint density at radius 3 is 2.56 bits per heavy atom. The highest BCUT2D eigenvalue weighted by atomic mass is 32.2. The van der Waals surface area contributed by atoms with Crippen LogP contribution in [0.15, 0.2) is 59.8 Å². The van der Waals surface area contributed by atoms with Gasteiger partial charge in [-0.05, 0) is 24.6 Å². The van der Waals surface area contributed by atoms with Crippen LogP contribution < -0.4 is 5.32 Å². The van der Waals surface area contributed by atoms with Gasteiger partial charge in [0.15, 0.2) is 0 Å². The van der Waals surface area contributed by atoms with Crippen LogP contribution in [0.4, 0.5) is 5.00 Å². The van der Waals surface area contributed by atoms with Crippen molar-refractivity contribution in [3.63, 3.8) is 0 Å². The molecule has 2 aromatic heterocycles. The molecular formula is C20H18N2O3S2. The molecule has 0 saturated carbocycles. The van der Waals surface area contributed by atoms with Gasteiger partial charge in [0, 0.05) is 16.6 Å². The number of ether oxygens (including phenoxy) is 1. The van der Waals surface area contributed by atoms with Crippen LogP contribution in [0.3, 0.4) is 0 Å². The number of benzene rings is 1. The van der Waals surface area contributed by atoms with Crippen molar-refractivity contribution in [2.24, 2.45) is 0 Å². The summed E-state index contributed by atoms with van der Waals surface area (Å²) in [6.45, 7) is 1.93. The number of pyridine rings is 1. The summed E-state index contributed by atoms with van der Waals surface area (Å²) in [5, 5.41) is 4.13. The first kappa shape index (κ1) is 19.1. The number of carbonyl (C=O) groups excluding carboxylic acids is 2. The van der Waals surface area contributed by atoms with E-state index in [1.807, 2.05) is 55.5 Å². The Morgan fingerprint density at radius 2 is 1.89 bits per heavy atom. The predicted octanol–water partition coefficient (Wildman–Crippen LogP) is 4.64. The number of rotatable bonds is 6. The molecule has 138 valence electrons. The number of esters is 1. The predicted molar refractivity (Wildman–Crippen MR) is 109 cm³/mol. The molecule has 1 N–H and O–H groups in total. The molecule has 0 aliphatic carbocycles. The second-order valence-corrected chi connectivity index (χ2v) is 7.82. The van der Waals surface area contributed by atoms with E-state index in [0.717, 1.165) is 21.0 Å². The molecule has 0 bridgehead atoms. The van der Waals surface area contributed by atoms with E-state index >= 15 is 0 Å². The van der Waals surface area contributed by atoms with E-state index in [0.29, 0.717) is 10.6 Å². The lowest BCUT2D eigenvalue weighted by atomic mass is 10.0. The van der Waals surface area contributed by atoms with Gasteiger partial charge in [-0.1, -0.05) is 48.2 Å². The SMILES string of the molecule is COC(=O)c1c(NC(=O)CSc2ccccn2)sc(C)c1-c1ccccc1. The summed E-state index contributed by atoms with van der Waals surface area (Å²) in [5.41, 5.74) is 2.09. The fraction of sp³-hybridized carbons (Fsp3) is 0.150. The number of carbonyl (C=O) groups is 2. The summed E-state index contributed by atoms with van der Waals surface area (Å²) in [6.07, 6.45) is 1.68. The van der Waals surface area contributed by atoms with E-state index < -0.39 is 5.97 Å². The first-order chi connectivity index (χ1) is 13.1. The van der Waals surface area contributed by atoms with Crippen LogP contribution in [0, 0.1) is 6.92 Å². The van der Waals surface area contributed by atoms with Crippen LogP contribution in [0.2, 0.25) is 0 Å². The van der Waals surface area contributed by atoms with Crippen LogP contribution in [-0.2, 0) is 9.53 Å². The Balaban J connectivity index is 1.84. The highest BCUT2D eigenvalue weighted by Crippen LogP contribution is 2.40. The van der Waals surface area contributed by atoms with E-state index in [4.69, 9.17) is 4.74 Å². The van der Waals surface area contributed by atoms with Crippen LogP contribution in [0.25, 0.3) is 11.1 Å². The molecule has 7 heteroatoms. The third kappa shape index (κ3) is 4.56. The molecule has 0 unspecified atom stereocenters. The number of aromatic nitrogens is 1. The number of amides is 1. The molecular weight excluding hydrogens is 380 g/mol. The van der Waals surface area contributed by atoms with E-state index in [2.05, 4.69) is 10.3 Å². The molecule has 3 rings (SSSR count). The Hall–Kier alpha value is -2.64. The van der Waals surface area contributed by atoms with Crippen molar-refractivity contribution in [2.75, 3.05) is 18.2 Å². The Labute approximate surface area is 165 Å². The van der Waals surface area contributed by atoms with Crippen LogP contribution >= 0.6 is 23.1 Å². The summed E-state index contributed by atoms with van der Waals surface area (Å²) in [5.74, 6) is -0.461. The average Bonchev–Trinajstić information content (AvgIpc) is 3.02. The van der Waals surface area contributed by atoms with Crippen molar-refractivity contribution < 1.29 is 14.3 Å². The van der Waals surface area contributed by atoms with Gasteiger partial charge in [-0.2, -0.15) is 0 Å². The molecule has 5 nitrogen and oxygen atoms in total. The average molecular weight is 399 g/mol. The smallest absolute Gasteiger partial charge is 0.341 e. The van der Waals surface area contributed by atoms with Gasteiger partial charge in [-0.15, -0.1) is 11.3 Å². The minimum absolute atomic E-state index is 0.198. The van der Waals surface area contributed by atoms with Crippen LogP contribution in [-0.4, -0.2) is 29.7 Å². The fourth-order valence-corrected chi connectivity index (χ4v) is 4.36. The summed E-state index contributed by atoms with van der Waals surface area (Å²) in [4.78, 5) is 29.9. The molecule has 1 aromatic carbocycles. The lowest BCUT2D eigenvalue weighted by molar-refractivity contribution is -0.113. The molecule has 0 aliphatic rings. The van der Waals surface area contributed by atoms with Crippen LogP contribution in [0.1, 0.15) is 15.2 Å². The zero-order chi connectivity index (χ0) is 19.2. The molecule has 27 heavy (non-hydrogen) atoms. The lowest BCUT2D eigenvalue weighted by Crippen LogP contribution is -2.16. The summed E-state index contributed by atoms with van der Waals surface area (Å²) in [7, 11) is 1.34. The zero-order valence-corrected chi connectivity index (χ0v) is 16.5. The Bertz CT molecular complexity index is 941. The second-order valence-electron chi connectivity index (χ2n) is 5.60. The molecule has 0 radical (unpaired) electrons. The van der Waals surface area contributed by atoms with E-state index in [1.165, 1.54) is 30.2 Å². The number of nitrogens with zero attached hydrogens (tertiary/aromatic N) is 1. The van der Waals surface area contributed by atoms with Gasteiger partial charge in [-0.25, -0.2) is 9.78 Å². The third-order valence-corrected chi connectivity index (χ3v) is 5.74. The standard InChI is InChI=1S/C20H18N2O3S2/c1-13-17(14-8-4-3-5-9-14)18(20(24)25-2)19(27-13)22-15(23)12-26-16-10-6-7-11-21-16/h3-11H,12H2,1-2H3,(H,22,23). The van der Waals surface area contributed by atoms with Crippen molar-refractivity contribution in [1.82, 2.24) is 4.98 Å². The highest BCUT2D eigenvalue weighted by Gasteiger charge is 2.25. The maximum absolute atomic E-state index is 12.4. The van der Waals surface area contributed by atoms with E-state index in [9.17, 15) is 9.59 Å². The molecule has 0 aliphatic heterocycles. The van der Waals surface area contributed by atoms with Crippen LogP contribution in [0.5, 0.6) is 0 Å². The quantitative estimate of drug-likeness (QED) is 0.484. The third-order valence-electron chi connectivity index (χ3n) is 3.78. The number of hydrogen-bond acceptors (Lipinski definition) is 6. The lowest BCUT2D eigenvalue weighted by Gasteiger charge is -2.08. The van der Waals surface area contributed by atoms with Gasteiger partial charge in [0.25, 0.3) is 0 Å². The summed E-state index contributed by atoms with van der Waals surface area (Å²) >= 11 is 2.71. The van der Waals surface area contributed by atoms with Gasteiger partial charge >= 0.3 is 5.97 Å². The van der Waals surface area contributed by atoms with Crippen molar-refractivity contribution >= 4 is 40.0 Å². The molecule has 1 amide bonds. The first-order valence-corrected chi connectivity index (χ1v) is 10.0. The first-order valence-electron chi connectivity index (χ1n) is 8.21. The number of methoxy groups -OCH3 is 1. The molecule has 0 atom stereocenters. The topological polar surface area (TPSA) is 68.3 Å². The summed E-state index contributed by atoms with van der Waals surface area (Å²) < 4.78 is 4.96. The van der Waals surface area contributed by atoms with Crippen molar-refractivity contribution in [2.45, 2.75) is 11.9 Å². The molecule has 3 aromatic rings. The minimum atomic E-state index is -0.467. The highest BCUT2D eigenvalue weighted by molar-refractivity contribution is 7.99. The number of hydrogen-bond donors (Lipinski definition) is 1. The van der Waals surface area contributed by atoms with Gasteiger partial charge in [0.05, 0.1) is 17.9 Å².